The van der Waals surface area contributed by atoms with Gasteiger partial charge in [-0.05, 0) is 29.5 Å². The van der Waals surface area contributed by atoms with Crippen molar-refractivity contribution in [1.29, 1.82) is 5.26 Å². The molecule has 3 N–H and O–H groups in total. The summed E-state index contributed by atoms with van der Waals surface area (Å²) in [5.41, 5.74) is 10.8. The summed E-state index contributed by atoms with van der Waals surface area (Å²) < 4.78 is 5.31. The smallest absolute Gasteiger partial charge is 0.235 e. The molecule has 3 rings (SSSR count). The van der Waals surface area contributed by atoms with E-state index in [9.17, 15) is 14.9 Å². The van der Waals surface area contributed by atoms with Crippen molar-refractivity contribution in [2.24, 2.45) is 11.1 Å². The van der Waals surface area contributed by atoms with Crippen LogP contribution in [0, 0.1) is 16.7 Å². The Morgan fingerprint density at radius 1 is 1.39 bits per heavy atom. The van der Waals surface area contributed by atoms with Gasteiger partial charge in [-0.2, -0.15) is 5.26 Å². The Hall–Kier alpha value is -3.27. The summed E-state index contributed by atoms with van der Waals surface area (Å²) in [5.74, 6) is -0.209. The molecule has 1 heterocycles. The average Bonchev–Trinajstić information content (AvgIpc) is 2.62. The lowest BCUT2D eigenvalue weighted by Gasteiger charge is -2.43. The number of nitrogens with two attached hydrogens (primary N) is 1. The van der Waals surface area contributed by atoms with Gasteiger partial charge in [0, 0.05) is 18.9 Å². The standard InChI is InChI=1S/C21H24N4O3/c1-12(26)24-25-16-9-21(2,3)10-17(27)19(16)18(15(11-22)20(25)23)13-6-5-7-14(8-13)28-4/h5-8,18H,9-10,23H2,1-4H3,(H,24,26). The number of ketones is 1. The first kappa shape index (κ1) is 19.5. The summed E-state index contributed by atoms with van der Waals surface area (Å²) in [6.45, 7) is 5.37. The number of rotatable bonds is 3. The van der Waals surface area contributed by atoms with Gasteiger partial charge in [-0.15, -0.1) is 0 Å². The first-order chi connectivity index (χ1) is 13.2. The molecule has 2 aliphatic rings. The number of hydrazine groups is 1. The summed E-state index contributed by atoms with van der Waals surface area (Å²) >= 11 is 0. The quantitative estimate of drug-likeness (QED) is 0.834. The van der Waals surface area contributed by atoms with Crippen molar-refractivity contribution < 1.29 is 14.3 Å². The number of nitrogens with one attached hydrogen (secondary N) is 1. The molecule has 1 aliphatic carbocycles. The zero-order valence-corrected chi connectivity index (χ0v) is 16.5. The number of carbonyl (C=O) groups excluding carboxylic acids is 2. The van der Waals surface area contributed by atoms with E-state index in [4.69, 9.17) is 10.5 Å². The minimum absolute atomic E-state index is 0.0466. The van der Waals surface area contributed by atoms with Crippen molar-refractivity contribution in [2.45, 2.75) is 39.5 Å². The molecular weight excluding hydrogens is 356 g/mol. The number of hydrogen-bond acceptors (Lipinski definition) is 6. The number of nitrogens with zero attached hydrogens (tertiary/aromatic N) is 2. The van der Waals surface area contributed by atoms with Crippen LogP contribution in [0.5, 0.6) is 5.75 Å². The second-order valence-corrected chi connectivity index (χ2v) is 7.93. The third-order valence-electron chi connectivity index (χ3n) is 5.08. The minimum atomic E-state index is -0.594. The molecule has 1 aliphatic heterocycles. The Labute approximate surface area is 164 Å². The topological polar surface area (TPSA) is 108 Å². The maximum absolute atomic E-state index is 13.2. The van der Waals surface area contributed by atoms with Gasteiger partial charge >= 0.3 is 0 Å². The molecule has 0 bridgehead atoms. The van der Waals surface area contributed by atoms with Crippen LogP contribution in [0.3, 0.4) is 0 Å². The summed E-state index contributed by atoms with van der Waals surface area (Å²) in [6.07, 6.45) is 0.910. The molecule has 0 saturated carbocycles. The van der Waals surface area contributed by atoms with Gasteiger partial charge in [0.05, 0.1) is 30.4 Å². The van der Waals surface area contributed by atoms with Gasteiger partial charge in [-0.25, -0.2) is 5.01 Å². The molecule has 1 unspecified atom stereocenters. The predicted molar refractivity (Wildman–Crippen MR) is 103 cm³/mol. The van der Waals surface area contributed by atoms with Crippen LogP contribution < -0.4 is 15.9 Å². The van der Waals surface area contributed by atoms with Gasteiger partial charge in [-0.1, -0.05) is 26.0 Å². The highest BCUT2D eigenvalue weighted by Crippen LogP contribution is 2.48. The highest BCUT2D eigenvalue weighted by molar-refractivity contribution is 6.00. The maximum Gasteiger partial charge on any atom is 0.235 e. The number of methoxy groups -OCH3 is 1. The van der Waals surface area contributed by atoms with E-state index in [1.54, 1.807) is 19.2 Å². The Bertz CT molecular complexity index is 953. The predicted octanol–water partition coefficient (Wildman–Crippen LogP) is 2.48. The molecule has 0 spiro atoms. The molecule has 7 nitrogen and oxygen atoms in total. The van der Waals surface area contributed by atoms with Crippen LogP contribution in [0.4, 0.5) is 0 Å². The van der Waals surface area contributed by atoms with E-state index >= 15 is 0 Å². The maximum atomic E-state index is 13.2. The third kappa shape index (κ3) is 3.33. The molecular formula is C21H24N4O3. The van der Waals surface area contributed by atoms with E-state index in [1.807, 2.05) is 26.0 Å². The zero-order chi connectivity index (χ0) is 20.6. The van der Waals surface area contributed by atoms with Crippen LogP contribution in [0.25, 0.3) is 0 Å². The van der Waals surface area contributed by atoms with Crippen LogP contribution in [0.15, 0.2) is 46.9 Å². The number of amides is 1. The molecule has 1 aromatic carbocycles. The monoisotopic (exact) mass is 380 g/mol. The zero-order valence-electron chi connectivity index (χ0n) is 16.5. The lowest BCUT2D eigenvalue weighted by Crippen LogP contribution is -2.49. The van der Waals surface area contributed by atoms with Crippen LogP contribution in [-0.4, -0.2) is 23.8 Å². The number of Topliss-reactive ketones (excluding diaryl/α,β-unsaturated/α-hetero) is 1. The number of allylic oxidation sites excluding steroid dienone is 3. The third-order valence-corrected chi connectivity index (χ3v) is 5.08. The van der Waals surface area contributed by atoms with Gasteiger partial charge in [0.15, 0.2) is 5.78 Å². The summed E-state index contributed by atoms with van der Waals surface area (Å²) in [7, 11) is 1.56. The van der Waals surface area contributed by atoms with E-state index in [2.05, 4.69) is 11.5 Å². The molecule has 7 heteroatoms. The normalized spacial score (nSPS) is 21.2. The fraction of sp³-hybridized carbons (Fsp3) is 0.381. The van der Waals surface area contributed by atoms with Gasteiger partial charge in [0.1, 0.15) is 11.6 Å². The second kappa shape index (κ2) is 7.04. The summed E-state index contributed by atoms with van der Waals surface area (Å²) in [6, 6.07) is 9.43. The molecule has 0 radical (unpaired) electrons. The van der Waals surface area contributed by atoms with Crippen molar-refractivity contribution >= 4 is 11.7 Å². The van der Waals surface area contributed by atoms with Gasteiger partial charge in [0.2, 0.25) is 5.91 Å². The fourth-order valence-corrected chi connectivity index (χ4v) is 3.95. The van der Waals surface area contributed by atoms with Gasteiger partial charge < -0.3 is 10.5 Å². The molecule has 1 aromatic rings. The number of benzene rings is 1. The lowest BCUT2D eigenvalue weighted by molar-refractivity contribution is -0.123. The van der Waals surface area contributed by atoms with Crippen molar-refractivity contribution in [3.8, 4) is 11.8 Å². The van der Waals surface area contributed by atoms with Crippen LogP contribution >= 0.6 is 0 Å². The van der Waals surface area contributed by atoms with E-state index in [0.29, 0.717) is 29.9 Å². The van der Waals surface area contributed by atoms with Crippen LogP contribution in [0.1, 0.15) is 45.1 Å². The molecule has 1 atom stereocenters. The molecule has 146 valence electrons. The number of hydrogen-bond donors (Lipinski definition) is 2. The first-order valence-corrected chi connectivity index (χ1v) is 9.06. The van der Waals surface area contributed by atoms with Crippen molar-refractivity contribution in [3.05, 3.63) is 52.5 Å². The largest absolute Gasteiger partial charge is 0.497 e. The highest BCUT2D eigenvalue weighted by Gasteiger charge is 2.44. The number of carbonyl (C=O) groups is 2. The summed E-state index contributed by atoms with van der Waals surface area (Å²) in [4.78, 5) is 24.9. The van der Waals surface area contributed by atoms with E-state index < -0.39 is 5.92 Å². The molecule has 0 fully saturated rings. The van der Waals surface area contributed by atoms with E-state index in [-0.39, 0.29) is 28.5 Å². The highest BCUT2D eigenvalue weighted by atomic mass is 16.5. The molecule has 0 saturated heterocycles. The average molecular weight is 380 g/mol. The number of nitriles is 1. The lowest BCUT2D eigenvalue weighted by atomic mass is 9.69. The van der Waals surface area contributed by atoms with Crippen LogP contribution in [-0.2, 0) is 9.59 Å². The summed E-state index contributed by atoms with van der Waals surface area (Å²) in [5, 5.41) is 11.3. The fourth-order valence-electron chi connectivity index (χ4n) is 3.95. The molecule has 28 heavy (non-hydrogen) atoms. The van der Waals surface area contributed by atoms with Crippen LogP contribution in [0.2, 0.25) is 0 Å². The Kier molecular flexibility index (Phi) is 4.90. The Morgan fingerprint density at radius 3 is 2.71 bits per heavy atom. The second-order valence-electron chi connectivity index (χ2n) is 7.93. The van der Waals surface area contributed by atoms with E-state index in [1.165, 1.54) is 11.9 Å². The SMILES string of the molecule is COc1cccc(C2C(C#N)=C(N)N(NC(C)=O)C3=C2C(=O)CC(C)(C)C3)c1. The first-order valence-electron chi connectivity index (χ1n) is 9.06. The Morgan fingerprint density at radius 2 is 2.11 bits per heavy atom. The van der Waals surface area contributed by atoms with Crippen molar-refractivity contribution in [1.82, 2.24) is 10.4 Å². The number of ether oxygens (including phenoxy) is 1. The van der Waals surface area contributed by atoms with E-state index in [0.717, 1.165) is 5.56 Å². The van der Waals surface area contributed by atoms with Crippen molar-refractivity contribution in [3.63, 3.8) is 0 Å². The van der Waals surface area contributed by atoms with Gasteiger partial charge in [0.25, 0.3) is 0 Å². The van der Waals surface area contributed by atoms with Gasteiger partial charge in [-0.3, -0.25) is 15.0 Å². The molecule has 0 aromatic heterocycles. The molecule has 1 amide bonds. The minimum Gasteiger partial charge on any atom is -0.497 e. The Balaban J connectivity index is 2.26. The van der Waals surface area contributed by atoms with Crippen molar-refractivity contribution in [2.75, 3.05) is 7.11 Å².